The summed E-state index contributed by atoms with van der Waals surface area (Å²) in [4.78, 5) is 20.2. The minimum atomic E-state index is -0.391. The number of rotatable bonds is 4. The molecule has 0 spiro atoms. The molecule has 6 heteroatoms. The third-order valence-electron chi connectivity index (χ3n) is 4.32. The molecule has 122 valence electrons. The number of carbonyl (C=O) groups is 1. The van der Waals surface area contributed by atoms with E-state index in [1.54, 1.807) is 12.1 Å². The van der Waals surface area contributed by atoms with Crippen LogP contribution in [-0.2, 0) is 6.54 Å². The molecule has 0 saturated carbocycles. The Labute approximate surface area is 135 Å². The second-order valence-electron chi connectivity index (χ2n) is 5.92. The van der Waals surface area contributed by atoms with Crippen molar-refractivity contribution in [3.8, 4) is 0 Å². The molecule has 0 bridgehead atoms. The maximum Gasteiger partial charge on any atom is 0.248 e. The number of piperazine rings is 1. The first-order valence-corrected chi connectivity index (χ1v) is 7.83. The van der Waals surface area contributed by atoms with E-state index < -0.39 is 5.91 Å². The van der Waals surface area contributed by atoms with Crippen molar-refractivity contribution >= 4 is 11.6 Å². The first-order chi connectivity index (χ1) is 11.0. The lowest BCUT2D eigenvalue weighted by molar-refractivity contribution is 0.100. The van der Waals surface area contributed by atoms with Crippen molar-refractivity contribution in [3.63, 3.8) is 0 Å². The van der Waals surface area contributed by atoms with Crippen molar-refractivity contribution in [1.29, 1.82) is 0 Å². The lowest BCUT2D eigenvalue weighted by Gasteiger charge is -2.35. The van der Waals surface area contributed by atoms with Crippen LogP contribution in [0.1, 0.15) is 27.7 Å². The Kier molecular flexibility index (Phi) is 4.34. The molecule has 0 unspecified atom stereocenters. The third kappa shape index (κ3) is 3.53. The summed E-state index contributed by atoms with van der Waals surface area (Å²) in [5.74, 6) is 1.30. The van der Waals surface area contributed by atoms with Crippen LogP contribution in [0, 0.1) is 13.8 Å². The summed E-state index contributed by atoms with van der Waals surface area (Å²) >= 11 is 0. The molecule has 0 atom stereocenters. The Morgan fingerprint density at radius 1 is 1.17 bits per heavy atom. The van der Waals surface area contributed by atoms with Crippen LogP contribution in [-0.4, -0.2) is 42.0 Å². The van der Waals surface area contributed by atoms with Gasteiger partial charge in [0.2, 0.25) is 11.8 Å². The van der Waals surface area contributed by atoms with Gasteiger partial charge in [0.05, 0.1) is 12.2 Å². The summed E-state index contributed by atoms with van der Waals surface area (Å²) in [6, 6.07) is 7.47. The zero-order valence-electron chi connectivity index (χ0n) is 13.6. The molecular weight excluding hydrogens is 292 g/mol. The second kappa shape index (κ2) is 6.42. The molecule has 1 fully saturated rings. The van der Waals surface area contributed by atoms with Gasteiger partial charge >= 0.3 is 0 Å². The van der Waals surface area contributed by atoms with Crippen molar-refractivity contribution in [2.75, 3.05) is 31.1 Å². The molecule has 1 aromatic heterocycles. The average Bonchev–Trinajstić information content (AvgIpc) is 2.86. The van der Waals surface area contributed by atoms with Gasteiger partial charge in [-0.3, -0.25) is 9.69 Å². The van der Waals surface area contributed by atoms with Crippen molar-refractivity contribution in [1.82, 2.24) is 9.88 Å². The van der Waals surface area contributed by atoms with Gasteiger partial charge < -0.3 is 15.1 Å². The number of carbonyl (C=O) groups excluding carboxylic acids is 1. The molecular formula is C17H22N4O2. The summed E-state index contributed by atoms with van der Waals surface area (Å²) < 4.78 is 5.65. The molecule has 2 aromatic rings. The lowest BCUT2D eigenvalue weighted by atomic mass is 10.1. The number of primary amides is 1. The van der Waals surface area contributed by atoms with Gasteiger partial charge in [-0.2, -0.15) is 0 Å². The summed E-state index contributed by atoms with van der Waals surface area (Å²) in [6.07, 6.45) is 0. The predicted octanol–water partition coefficient (Wildman–Crippen LogP) is 1.71. The van der Waals surface area contributed by atoms with E-state index in [1.807, 2.05) is 26.0 Å². The van der Waals surface area contributed by atoms with Gasteiger partial charge in [-0.1, -0.05) is 0 Å². The number of anilines is 1. The fourth-order valence-corrected chi connectivity index (χ4v) is 2.80. The van der Waals surface area contributed by atoms with Gasteiger partial charge in [-0.15, -0.1) is 0 Å². The van der Waals surface area contributed by atoms with Crippen molar-refractivity contribution in [2.45, 2.75) is 20.4 Å². The Morgan fingerprint density at radius 2 is 1.83 bits per heavy atom. The van der Waals surface area contributed by atoms with E-state index in [9.17, 15) is 4.79 Å². The molecule has 1 saturated heterocycles. The molecule has 1 amide bonds. The summed E-state index contributed by atoms with van der Waals surface area (Å²) in [6.45, 7) is 8.46. The number of amides is 1. The Balaban J connectivity index is 1.56. The predicted molar refractivity (Wildman–Crippen MR) is 88.4 cm³/mol. The smallest absolute Gasteiger partial charge is 0.248 e. The fraction of sp³-hybridized carbons (Fsp3) is 0.412. The molecule has 0 radical (unpaired) electrons. The largest absolute Gasteiger partial charge is 0.444 e. The van der Waals surface area contributed by atoms with Gasteiger partial charge in [0, 0.05) is 37.4 Å². The highest BCUT2D eigenvalue weighted by atomic mass is 16.4. The van der Waals surface area contributed by atoms with Crippen molar-refractivity contribution < 1.29 is 9.21 Å². The minimum absolute atomic E-state index is 0.391. The average molecular weight is 314 g/mol. The van der Waals surface area contributed by atoms with Gasteiger partial charge in [-0.05, 0) is 38.1 Å². The van der Waals surface area contributed by atoms with Crippen molar-refractivity contribution in [2.24, 2.45) is 5.73 Å². The minimum Gasteiger partial charge on any atom is -0.444 e. The molecule has 1 aliphatic rings. The molecule has 0 aliphatic carbocycles. The van der Waals surface area contributed by atoms with Gasteiger partial charge in [-0.25, -0.2) is 4.98 Å². The van der Waals surface area contributed by atoms with Crippen LogP contribution < -0.4 is 10.6 Å². The number of benzene rings is 1. The molecule has 23 heavy (non-hydrogen) atoms. The van der Waals surface area contributed by atoms with E-state index in [4.69, 9.17) is 10.2 Å². The number of nitrogens with zero attached hydrogens (tertiary/aromatic N) is 3. The number of hydrogen-bond acceptors (Lipinski definition) is 5. The zero-order chi connectivity index (χ0) is 16.4. The van der Waals surface area contributed by atoms with Gasteiger partial charge in [0.1, 0.15) is 5.76 Å². The third-order valence-corrected chi connectivity index (χ3v) is 4.32. The quantitative estimate of drug-likeness (QED) is 0.930. The lowest BCUT2D eigenvalue weighted by Crippen LogP contribution is -2.46. The van der Waals surface area contributed by atoms with Crippen LogP contribution in [0.3, 0.4) is 0 Å². The van der Waals surface area contributed by atoms with Crippen LogP contribution in [0.15, 0.2) is 28.7 Å². The number of aromatic nitrogens is 1. The summed E-state index contributed by atoms with van der Waals surface area (Å²) in [7, 11) is 0. The Hall–Kier alpha value is -2.34. The normalized spacial score (nSPS) is 15.8. The number of nitrogens with two attached hydrogens (primary N) is 1. The topological polar surface area (TPSA) is 75.6 Å². The highest BCUT2D eigenvalue weighted by Gasteiger charge is 2.19. The molecule has 3 rings (SSSR count). The maximum atomic E-state index is 11.1. The van der Waals surface area contributed by atoms with E-state index in [0.717, 1.165) is 55.8 Å². The monoisotopic (exact) mass is 314 g/mol. The zero-order valence-corrected chi connectivity index (χ0v) is 13.6. The Bertz CT molecular complexity index is 666. The van der Waals surface area contributed by atoms with Crippen LogP contribution in [0.5, 0.6) is 0 Å². The van der Waals surface area contributed by atoms with E-state index in [0.29, 0.717) is 5.56 Å². The molecule has 6 nitrogen and oxygen atoms in total. The Morgan fingerprint density at radius 3 is 2.35 bits per heavy atom. The SMILES string of the molecule is Cc1nc(CN2CCN(c3ccc(C(N)=O)cc3)CC2)oc1C. The fourth-order valence-electron chi connectivity index (χ4n) is 2.80. The number of aryl methyl sites for hydroxylation is 2. The molecule has 1 aliphatic heterocycles. The standard InChI is InChI=1S/C17H22N4O2/c1-12-13(2)23-16(19-12)11-20-7-9-21(10-8-20)15-5-3-14(4-6-15)17(18)22/h3-6H,7-11H2,1-2H3,(H2,18,22). The molecule has 2 N–H and O–H groups in total. The number of hydrogen-bond donors (Lipinski definition) is 1. The number of oxazole rings is 1. The molecule has 2 heterocycles. The first-order valence-electron chi connectivity index (χ1n) is 7.83. The van der Waals surface area contributed by atoms with E-state index in [2.05, 4.69) is 14.8 Å². The highest BCUT2D eigenvalue weighted by molar-refractivity contribution is 5.93. The van der Waals surface area contributed by atoms with Gasteiger partial charge in [0.15, 0.2) is 0 Å². The summed E-state index contributed by atoms with van der Waals surface area (Å²) in [5, 5.41) is 0. The van der Waals surface area contributed by atoms with Crippen molar-refractivity contribution in [3.05, 3.63) is 47.2 Å². The molecule has 1 aromatic carbocycles. The van der Waals surface area contributed by atoms with Crippen LogP contribution in [0.4, 0.5) is 5.69 Å². The van der Waals surface area contributed by atoms with E-state index in [1.165, 1.54) is 0 Å². The maximum absolute atomic E-state index is 11.1. The van der Waals surface area contributed by atoms with E-state index in [-0.39, 0.29) is 0 Å². The van der Waals surface area contributed by atoms with Crippen LogP contribution >= 0.6 is 0 Å². The van der Waals surface area contributed by atoms with Crippen LogP contribution in [0.2, 0.25) is 0 Å². The van der Waals surface area contributed by atoms with Crippen LogP contribution in [0.25, 0.3) is 0 Å². The second-order valence-corrected chi connectivity index (χ2v) is 5.92. The van der Waals surface area contributed by atoms with Gasteiger partial charge in [0.25, 0.3) is 0 Å². The van der Waals surface area contributed by atoms with E-state index >= 15 is 0 Å². The highest BCUT2D eigenvalue weighted by Crippen LogP contribution is 2.18. The summed E-state index contributed by atoms with van der Waals surface area (Å²) in [5.41, 5.74) is 7.90. The first kappa shape index (κ1) is 15.6.